The highest BCUT2D eigenvalue weighted by atomic mass is 16.5. The Labute approximate surface area is 166 Å². The molecule has 158 valence electrons. The molecule has 27 heavy (non-hydrogen) atoms. The van der Waals surface area contributed by atoms with Gasteiger partial charge in [0.1, 0.15) is 6.10 Å². The quantitative estimate of drug-likeness (QED) is 0.542. The zero-order valence-corrected chi connectivity index (χ0v) is 18.9. The summed E-state index contributed by atoms with van der Waals surface area (Å²) in [5.41, 5.74) is 0.544. The fourth-order valence-corrected chi connectivity index (χ4v) is 5.69. The van der Waals surface area contributed by atoms with Crippen molar-refractivity contribution in [1.82, 2.24) is 0 Å². The molecular formula is C23H42O4. The maximum atomic E-state index is 12.3. The summed E-state index contributed by atoms with van der Waals surface area (Å²) in [6, 6.07) is 0. The highest BCUT2D eigenvalue weighted by Gasteiger charge is 2.51. The van der Waals surface area contributed by atoms with Gasteiger partial charge in [-0.2, -0.15) is 0 Å². The van der Waals surface area contributed by atoms with Crippen molar-refractivity contribution in [2.24, 2.45) is 28.1 Å². The van der Waals surface area contributed by atoms with E-state index in [1.807, 2.05) is 0 Å². The Morgan fingerprint density at radius 3 is 1.96 bits per heavy atom. The summed E-state index contributed by atoms with van der Waals surface area (Å²) in [5.74, 6) is -0.605. The van der Waals surface area contributed by atoms with Gasteiger partial charge in [0.15, 0.2) is 0 Å². The number of ether oxygens (including phenoxy) is 1. The lowest BCUT2D eigenvalue weighted by atomic mass is 9.52. The maximum absolute atomic E-state index is 12.3. The molecule has 4 heteroatoms. The minimum absolute atomic E-state index is 0.0395. The van der Waals surface area contributed by atoms with E-state index < -0.39 is 5.97 Å². The average molecular weight is 383 g/mol. The van der Waals surface area contributed by atoms with Crippen LogP contribution in [-0.4, -0.2) is 23.1 Å². The van der Waals surface area contributed by atoms with Gasteiger partial charge in [0.05, 0.1) is 12.8 Å². The van der Waals surface area contributed by atoms with Crippen molar-refractivity contribution in [3.05, 3.63) is 0 Å². The molecule has 0 radical (unpaired) electrons. The molecule has 0 aromatic heterocycles. The molecule has 0 saturated heterocycles. The summed E-state index contributed by atoms with van der Waals surface area (Å²) >= 11 is 0. The fraction of sp³-hybridized carbons (Fsp3) is 0.913. The van der Waals surface area contributed by atoms with Gasteiger partial charge in [-0.1, -0.05) is 55.4 Å². The van der Waals surface area contributed by atoms with Crippen molar-refractivity contribution in [3.8, 4) is 0 Å². The molecule has 0 aliphatic heterocycles. The van der Waals surface area contributed by atoms with Crippen molar-refractivity contribution in [2.75, 3.05) is 0 Å². The molecule has 1 rings (SSSR count). The van der Waals surface area contributed by atoms with Crippen LogP contribution in [0.5, 0.6) is 0 Å². The van der Waals surface area contributed by atoms with E-state index in [9.17, 15) is 9.59 Å². The van der Waals surface area contributed by atoms with Gasteiger partial charge in [-0.25, -0.2) is 0 Å². The molecule has 0 bridgehead atoms. The van der Waals surface area contributed by atoms with Crippen LogP contribution < -0.4 is 0 Å². The van der Waals surface area contributed by atoms with Crippen LogP contribution in [0, 0.1) is 28.1 Å². The lowest BCUT2D eigenvalue weighted by molar-refractivity contribution is -0.166. The summed E-state index contributed by atoms with van der Waals surface area (Å²) < 4.78 is 5.90. The first-order chi connectivity index (χ1) is 12.2. The van der Waals surface area contributed by atoms with E-state index in [1.54, 1.807) is 0 Å². The number of hydrogen-bond acceptors (Lipinski definition) is 3. The summed E-state index contributed by atoms with van der Waals surface area (Å²) in [6.07, 6.45) is 5.05. The standard InChI is InChI=1S/C23H42O4/c1-16(2)20-17(27-19(26)12-11-18(24)25)10-9-13-23(20,14-21(3,4)5)15-22(6,7)8/h16-17,20H,9-15H2,1-8H3,(H,24,25). The minimum Gasteiger partial charge on any atom is -0.481 e. The second kappa shape index (κ2) is 8.96. The first-order valence-corrected chi connectivity index (χ1v) is 10.6. The first kappa shape index (κ1) is 24.0. The number of carboxylic acid groups (broad SMARTS) is 1. The monoisotopic (exact) mass is 382 g/mol. The van der Waals surface area contributed by atoms with Crippen LogP contribution in [0.2, 0.25) is 0 Å². The van der Waals surface area contributed by atoms with E-state index in [0.717, 1.165) is 25.7 Å². The topological polar surface area (TPSA) is 63.6 Å². The molecular weight excluding hydrogens is 340 g/mol. The summed E-state index contributed by atoms with van der Waals surface area (Å²) in [7, 11) is 0. The van der Waals surface area contributed by atoms with Crippen LogP contribution in [-0.2, 0) is 14.3 Å². The third-order valence-corrected chi connectivity index (χ3v) is 5.58. The van der Waals surface area contributed by atoms with Crippen LogP contribution in [0.4, 0.5) is 0 Å². The third kappa shape index (κ3) is 7.83. The molecule has 4 nitrogen and oxygen atoms in total. The van der Waals surface area contributed by atoms with Crippen molar-refractivity contribution >= 4 is 11.9 Å². The van der Waals surface area contributed by atoms with Crippen LogP contribution in [0.1, 0.15) is 100 Å². The molecule has 1 N–H and O–H groups in total. The van der Waals surface area contributed by atoms with Gasteiger partial charge in [0.25, 0.3) is 0 Å². The van der Waals surface area contributed by atoms with E-state index >= 15 is 0 Å². The first-order valence-electron chi connectivity index (χ1n) is 10.6. The Hall–Kier alpha value is -1.06. The Kier molecular flexibility index (Phi) is 7.96. The van der Waals surface area contributed by atoms with Gasteiger partial charge >= 0.3 is 11.9 Å². The van der Waals surface area contributed by atoms with Crippen LogP contribution in [0.25, 0.3) is 0 Å². The molecule has 1 saturated carbocycles. The van der Waals surface area contributed by atoms with Gasteiger partial charge in [-0.15, -0.1) is 0 Å². The highest BCUT2D eigenvalue weighted by Crippen LogP contribution is 2.56. The molecule has 0 amide bonds. The van der Waals surface area contributed by atoms with E-state index in [2.05, 4.69) is 55.4 Å². The van der Waals surface area contributed by atoms with E-state index in [1.165, 1.54) is 6.42 Å². The highest BCUT2D eigenvalue weighted by molar-refractivity contribution is 5.76. The zero-order valence-electron chi connectivity index (χ0n) is 18.9. The molecule has 0 aromatic carbocycles. The van der Waals surface area contributed by atoms with E-state index in [-0.39, 0.29) is 41.2 Å². The number of rotatable bonds is 7. The predicted molar refractivity (Wildman–Crippen MR) is 110 cm³/mol. The Morgan fingerprint density at radius 2 is 1.56 bits per heavy atom. The second-order valence-corrected chi connectivity index (χ2v) is 11.4. The van der Waals surface area contributed by atoms with Crippen molar-refractivity contribution < 1.29 is 19.4 Å². The lowest BCUT2D eigenvalue weighted by Crippen LogP contribution is -2.49. The van der Waals surface area contributed by atoms with Crippen molar-refractivity contribution in [1.29, 1.82) is 0 Å². The van der Waals surface area contributed by atoms with E-state index in [0.29, 0.717) is 11.8 Å². The Balaban J connectivity index is 3.16. The Bertz CT molecular complexity index is 491. The zero-order chi connectivity index (χ0) is 21.0. The molecule has 1 aliphatic rings. The smallest absolute Gasteiger partial charge is 0.306 e. The van der Waals surface area contributed by atoms with Crippen molar-refractivity contribution in [3.63, 3.8) is 0 Å². The van der Waals surface area contributed by atoms with Gasteiger partial charge in [0, 0.05) is 5.92 Å². The summed E-state index contributed by atoms with van der Waals surface area (Å²) in [5, 5.41) is 8.84. The van der Waals surface area contributed by atoms with Crippen LogP contribution in [0.3, 0.4) is 0 Å². The largest absolute Gasteiger partial charge is 0.481 e. The van der Waals surface area contributed by atoms with Gasteiger partial charge in [-0.3, -0.25) is 9.59 Å². The number of carbonyl (C=O) groups excluding carboxylic acids is 1. The van der Waals surface area contributed by atoms with E-state index in [4.69, 9.17) is 9.84 Å². The molecule has 1 fully saturated rings. The minimum atomic E-state index is -0.953. The lowest BCUT2D eigenvalue weighted by Gasteiger charge is -2.54. The number of esters is 1. The number of aliphatic carboxylic acids is 1. The number of carbonyl (C=O) groups is 2. The maximum Gasteiger partial charge on any atom is 0.306 e. The summed E-state index contributed by atoms with van der Waals surface area (Å²) in [4.78, 5) is 23.1. The normalized spacial score (nSPS) is 23.3. The average Bonchev–Trinajstić information content (AvgIpc) is 2.40. The second-order valence-electron chi connectivity index (χ2n) is 11.4. The molecule has 1 aliphatic carbocycles. The molecule has 0 aromatic rings. The van der Waals surface area contributed by atoms with Crippen molar-refractivity contribution in [2.45, 2.75) is 106 Å². The molecule has 2 atom stereocenters. The fourth-order valence-electron chi connectivity index (χ4n) is 5.69. The molecule has 2 unspecified atom stereocenters. The van der Waals surface area contributed by atoms with Crippen LogP contribution >= 0.6 is 0 Å². The molecule has 0 spiro atoms. The Morgan fingerprint density at radius 1 is 1.04 bits per heavy atom. The van der Waals surface area contributed by atoms with Gasteiger partial charge in [-0.05, 0) is 54.3 Å². The molecule has 0 heterocycles. The third-order valence-electron chi connectivity index (χ3n) is 5.58. The van der Waals surface area contributed by atoms with Crippen LogP contribution in [0.15, 0.2) is 0 Å². The number of carboxylic acids is 1. The van der Waals surface area contributed by atoms with Gasteiger partial charge < -0.3 is 9.84 Å². The summed E-state index contributed by atoms with van der Waals surface area (Å²) in [6.45, 7) is 18.3. The predicted octanol–water partition coefficient (Wildman–Crippen LogP) is 6.08. The van der Waals surface area contributed by atoms with Gasteiger partial charge in [0.2, 0.25) is 0 Å². The SMILES string of the molecule is CC(C)C1C(OC(=O)CCC(=O)O)CCCC1(CC(C)(C)C)CC(C)(C)C. The number of hydrogen-bond donors (Lipinski definition) is 1.